The van der Waals surface area contributed by atoms with E-state index in [2.05, 4.69) is 5.32 Å². The molecular weight excluding hydrogens is 262 g/mol. The fourth-order valence-corrected chi connectivity index (χ4v) is 2.81. The van der Waals surface area contributed by atoms with Crippen molar-refractivity contribution in [2.45, 2.75) is 37.8 Å². The maximum absolute atomic E-state index is 6.10. The molecule has 2 rings (SSSR count). The van der Waals surface area contributed by atoms with E-state index in [-0.39, 0.29) is 6.04 Å². The summed E-state index contributed by atoms with van der Waals surface area (Å²) in [6.45, 7) is 0.883. The number of benzene rings is 1. The van der Waals surface area contributed by atoms with E-state index in [1.807, 2.05) is 25.2 Å². The molecule has 0 spiro atoms. The van der Waals surface area contributed by atoms with Gasteiger partial charge in [0.25, 0.3) is 0 Å². The van der Waals surface area contributed by atoms with Gasteiger partial charge in [0.15, 0.2) is 0 Å². The number of halogens is 1. The molecule has 3 nitrogen and oxygen atoms in total. The van der Waals surface area contributed by atoms with Crippen LogP contribution in [0.1, 0.15) is 37.3 Å². The van der Waals surface area contributed by atoms with Crippen LogP contribution in [0.2, 0.25) is 5.02 Å². The molecule has 1 N–H and O–H groups in total. The predicted molar refractivity (Wildman–Crippen MR) is 78.0 cm³/mol. The molecule has 1 aliphatic rings. The van der Waals surface area contributed by atoms with Crippen LogP contribution in [0.4, 0.5) is 0 Å². The van der Waals surface area contributed by atoms with E-state index in [9.17, 15) is 0 Å². The molecule has 0 aromatic heterocycles. The number of methoxy groups -OCH3 is 1. The van der Waals surface area contributed by atoms with E-state index >= 15 is 0 Å². The Morgan fingerprint density at radius 1 is 1.47 bits per heavy atom. The van der Waals surface area contributed by atoms with Crippen molar-refractivity contribution in [3.05, 3.63) is 28.8 Å². The van der Waals surface area contributed by atoms with E-state index in [1.54, 1.807) is 7.11 Å². The molecule has 2 unspecified atom stereocenters. The highest BCUT2D eigenvalue weighted by Crippen LogP contribution is 2.32. The molecule has 0 amide bonds. The number of hydrogen-bond acceptors (Lipinski definition) is 3. The van der Waals surface area contributed by atoms with Crippen LogP contribution in [0.25, 0.3) is 0 Å². The predicted octanol–water partition coefficient (Wildman–Crippen LogP) is 3.57. The van der Waals surface area contributed by atoms with Gasteiger partial charge in [-0.2, -0.15) is 0 Å². The van der Waals surface area contributed by atoms with Crippen molar-refractivity contribution < 1.29 is 9.47 Å². The zero-order valence-corrected chi connectivity index (χ0v) is 12.4. The molecule has 1 aromatic carbocycles. The van der Waals surface area contributed by atoms with Crippen molar-refractivity contribution in [3.63, 3.8) is 0 Å². The van der Waals surface area contributed by atoms with Crippen molar-refractivity contribution in [3.8, 4) is 5.75 Å². The van der Waals surface area contributed by atoms with Gasteiger partial charge in [-0.15, -0.1) is 0 Å². The van der Waals surface area contributed by atoms with Crippen molar-refractivity contribution in [1.29, 1.82) is 0 Å². The number of rotatable bonds is 5. The third kappa shape index (κ3) is 3.85. The van der Waals surface area contributed by atoms with Crippen molar-refractivity contribution in [2.75, 3.05) is 20.8 Å². The first-order valence-corrected chi connectivity index (χ1v) is 7.24. The lowest BCUT2D eigenvalue weighted by Gasteiger charge is -2.28. The largest absolute Gasteiger partial charge is 0.496 e. The monoisotopic (exact) mass is 283 g/mol. The minimum absolute atomic E-state index is 0.205. The summed E-state index contributed by atoms with van der Waals surface area (Å²) in [7, 11) is 3.66. The Labute approximate surface area is 120 Å². The van der Waals surface area contributed by atoms with Crippen molar-refractivity contribution in [1.82, 2.24) is 5.32 Å². The second kappa shape index (κ2) is 7.13. The Morgan fingerprint density at radius 3 is 2.95 bits per heavy atom. The molecule has 0 aliphatic carbocycles. The molecular formula is C15H22ClNO2. The van der Waals surface area contributed by atoms with Gasteiger partial charge in [0, 0.05) is 23.2 Å². The lowest BCUT2D eigenvalue weighted by atomic mass is 9.96. The second-order valence-electron chi connectivity index (χ2n) is 4.95. The van der Waals surface area contributed by atoms with Gasteiger partial charge in [-0.1, -0.05) is 11.6 Å². The highest BCUT2D eigenvalue weighted by atomic mass is 35.5. The lowest BCUT2D eigenvalue weighted by Crippen LogP contribution is -2.27. The summed E-state index contributed by atoms with van der Waals surface area (Å²) >= 11 is 6.10. The van der Waals surface area contributed by atoms with Gasteiger partial charge < -0.3 is 14.8 Å². The van der Waals surface area contributed by atoms with Gasteiger partial charge in [0.1, 0.15) is 5.75 Å². The highest BCUT2D eigenvalue weighted by Gasteiger charge is 2.22. The van der Waals surface area contributed by atoms with Crippen LogP contribution in [-0.2, 0) is 4.74 Å². The molecule has 1 heterocycles. The summed E-state index contributed by atoms with van der Waals surface area (Å²) in [6, 6.07) is 5.96. The molecule has 106 valence electrons. The van der Waals surface area contributed by atoms with E-state index in [4.69, 9.17) is 21.1 Å². The summed E-state index contributed by atoms with van der Waals surface area (Å²) < 4.78 is 11.3. The van der Waals surface area contributed by atoms with Gasteiger partial charge >= 0.3 is 0 Å². The third-order valence-corrected chi connectivity index (χ3v) is 3.92. The molecule has 1 fully saturated rings. The first-order valence-electron chi connectivity index (χ1n) is 6.87. The molecule has 2 atom stereocenters. The van der Waals surface area contributed by atoms with Gasteiger partial charge in [-0.3, -0.25) is 0 Å². The maximum Gasteiger partial charge on any atom is 0.123 e. The lowest BCUT2D eigenvalue weighted by molar-refractivity contribution is 0.00536. The van der Waals surface area contributed by atoms with E-state index in [1.165, 1.54) is 12.8 Å². The standard InChI is InChI=1S/C15H22ClNO2/c1-17-14(10-12-5-3-4-8-19-12)13-9-11(16)6-7-15(13)18-2/h6-7,9,12,14,17H,3-5,8,10H2,1-2H3. The minimum atomic E-state index is 0.205. The quantitative estimate of drug-likeness (QED) is 0.896. The smallest absolute Gasteiger partial charge is 0.123 e. The molecule has 0 saturated carbocycles. The number of ether oxygens (including phenoxy) is 2. The second-order valence-corrected chi connectivity index (χ2v) is 5.39. The zero-order valence-electron chi connectivity index (χ0n) is 11.6. The molecule has 1 aliphatic heterocycles. The summed E-state index contributed by atoms with van der Waals surface area (Å²) in [5, 5.41) is 4.09. The first-order chi connectivity index (χ1) is 9.24. The van der Waals surface area contributed by atoms with Gasteiger partial charge in [0.05, 0.1) is 13.2 Å². The summed E-state index contributed by atoms with van der Waals surface area (Å²) in [6.07, 6.45) is 4.86. The van der Waals surface area contributed by atoms with E-state index in [0.29, 0.717) is 6.10 Å². The molecule has 19 heavy (non-hydrogen) atoms. The van der Waals surface area contributed by atoms with Crippen LogP contribution in [0.15, 0.2) is 18.2 Å². The Balaban J connectivity index is 2.13. The maximum atomic E-state index is 6.10. The molecule has 0 bridgehead atoms. The Kier molecular flexibility index (Phi) is 5.49. The zero-order chi connectivity index (χ0) is 13.7. The summed E-state index contributed by atoms with van der Waals surface area (Å²) in [5.74, 6) is 0.875. The molecule has 1 saturated heterocycles. The number of nitrogens with one attached hydrogen (secondary N) is 1. The van der Waals surface area contributed by atoms with Crippen LogP contribution in [0.5, 0.6) is 5.75 Å². The molecule has 1 aromatic rings. The van der Waals surface area contributed by atoms with E-state index < -0.39 is 0 Å². The molecule has 0 radical (unpaired) electrons. The van der Waals surface area contributed by atoms with Crippen LogP contribution in [0.3, 0.4) is 0 Å². The summed E-state index contributed by atoms with van der Waals surface area (Å²) in [5.41, 5.74) is 1.10. The van der Waals surface area contributed by atoms with Crippen LogP contribution in [0, 0.1) is 0 Å². The SMILES string of the molecule is CNC(CC1CCCCO1)c1cc(Cl)ccc1OC. The van der Waals surface area contributed by atoms with Gasteiger partial charge in [-0.25, -0.2) is 0 Å². The average molecular weight is 284 g/mol. The Morgan fingerprint density at radius 2 is 2.32 bits per heavy atom. The average Bonchev–Trinajstić information content (AvgIpc) is 2.46. The summed E-state index contributed by atoms with van der Waals surface area (Å²) in [4.78, 5) is 0. The molecule has 4 heteroatoms. The van der Waals surface area contributed by atoms with Crippen molar-refractivity contribution in [2.24, 2.45) is 0 Å². The first kappa shape index (κ1) is 14.6. The van der Waals surface area contributed by atoms with E-state index in [0.717, 1.165) is 35.8 Å². The van der Waals surface area contributed by atoms with Crippen LogP contribution >= 0.6 is 11.6 Å². The minimum Gasteiger partial charge on any atom is -0.496 e. The normalized spacial score (nSPS) is 21.1. The topological polar surface area (TPSA) is 30.5 Å². The van der Waals surface area contributed by atoms with Crippen LogP contribution in [-0.4, -0.2) is 26.9 Å². The fraction of sp³-hybridized carbons (Fsp3) is 0.600. The van der Waals surface area contributed by atoms with Gasteiger partial charge in [0.2, 0.25) is 0 Å². The van der Waals surface area contributed by atoms with Crippen molar-refractivity contribution >= 4 is 11.6 Å². The third-order valence-electron chi connectivity index (χ3n) is 3.69. The Bertz CT molecular complexity index is 405. The van der Waals surface area contributed by atoms with Gasteiger partial charge in [-0.05, 0) is 50.9 Å². The van der Waals surface area contributed by atoms with Crippen LogP contribution < -0.4 is 10.1 Å². The number of hydrogen-bond donors (Lipinski definition) is 1. The highest BCUT2D eigenvalue weighted by molar-refractivity contribution is 6.30. The Hall–Kier alpha value is -0.770. The fourth-order valence-electron chi connectivity index (χ4n) is 2.63.